The van der Waals surface area contributed by atoms with Gasteiger partial charge in [0.15, 0.2) is 23.2 Å². The summed E-state index contributed by atoms with van der Waals surface area (Å²) in [5.74, 6) is 0.423. The van der Waals surface area contributed by atoms with Crippen molar-refractivity contribution in [3.8, 4) is 11.5 Å². The summed E-state index contributed by atoms with van der Waals surface area (Å²) in [6.07, 6.45) is -0.0541. The van der Waals surface area contributed by atoms with Gasteiger partial charge in [0.25, 0.3) is 11.8 Å². The van der Waals surface area contributed by atoms with Crippen LogP contribution in [0.5, 0.6) is 11.5 Å². The number of morpholine rings is 1. The van der Waals surface area contributed by atoms with Crippen molar-refractivity contribution in [2.24, 2.45) is 0 Å². The van der Waals surface area contributed by atoms with Gasteiger partial charge in [0.1, 0.15) is 0 Å². The standard InChI is InChI=1S/C28H33ClN4O5S/c1-15-6-8-20(29)11-21(15)31-27(35)25-18(4)30-28(39)32-26(25)19-7-9-22(23(10-19)36-5)37-14-24(34)33-12-16(2)38-17(3)13-33/h6-11,16-17,26H,12-14H2,1-5H3,(H,31,35)(H2,30,32,39)/t16-,17-,26-/m1/s1. The number of rotatable bonds is 7. The van der Waals surface area contributed by atoms with Crippen LogP contribution in [0.15, 0.2) is 47.7 Å². The molecule has 11 heteroatoms. The number of methoxy groups -OCH3 is 1. The molecule has 0 aliphatic carbocycles. The molecule has 3 N–H and O–H groups in total. The van der Waals surface area contributed by atoms with E-state index in [2.05, 4.69) is 16.0 Å². The lowest BCUT2D eigenvalue weighted by molar-refractivity contribution is -0.145. The summed E-state index contributed by atoms with van der Waals surface area (Å²) in [7, 11) is 1.52. The molecule has 0 saturated carbocycles. The molecule has 2 amide bonds. The Hall–Kier alpha value is -3.34. The maximum Gasteiger partial charge on any atom is 0.260 e. The average Bonchev–Trinajstić information content (AvgIpc) is 2.88. The molecule has 1 saturated heterocycles. The monoisotopic (exact) mass is 572 g/mol. The van der Waals surface area contributed by atoms with Crippen LogP contribution in [-0.4, -0.2) is 60.8 Å². The number of anilines is 1. The summed E-state index contributed by atoms with van der Waals surface area (Å²) in [5, 5.41) is 10.1. The van der Waals surface area contributed by atoms with E-state index in [4.69, 9.17) is 38.0 Å². The molecule has 4 rings (SSSR count). The highest BCUT2D eigenvalue weighted by atomic mass is 35.5. The number of nitrogens with one attached hydrogen (secondary N) is 3. The number of carbonyl (C=O) groups is 2. The van der Waals surface area contributed by atoms with Crippen LogP contribution in [0.4, 0.5) is 5.69 Å². The number of thiocarbonyl (C=S) groups is 1. The molecule has 2 aliphatic heterocycles. The second-order valence-electron chi connectivity index (χ2n) is 9.74. The lowest BCUT2D eigenvalue weighted by Crippen LogP contribution is -2.49. The van der Waals surface area contributed by atoms with Crippen molar-refractivity contribution < 1.29 is 23.8 Å². The van der Waals surface area contributed by atoms with E-state index >= 15 is 0 Å². The third kappa shape index (κ3) is 6.81. The second-order valence-corrected chi connectivity index (χ2v) is 10.6. The number of aryl methyl sites for hydroxylation is 1. The zero-order valence-corrected chi connectivity index (χ0v) is 24.2. The Morgan fingerprint density at radius 3 is 2.54 bits per heavy atom. The highest BCUT2D eigenvalue weighted by molar-refractivity contribution is 7.80. The Morgan fingerprint density at radius 1 is 1.13 bits per heavy atom. The SMILES string of the molecule is COc1cc([C@H]2NC(=S)NC(C)=C2C(=O)Nc2cc(Cl)ccc2C)ccc1OCC(=O)N1C[C@@H](C)O[C@H](C)C1. The van der Waals surface area contributed by atoms with E-state index in [1.165, 1.54) is 7.11 Å². The molecule has 0 radical (unpaired) electrons. The molecule has 0 unspecified atom stereocenters. The van der Waals surface area contributed by atoms with Crippen LogP contribution in [0, 0.1) is 6.92 Å². The summed E-state index contributed by atoms with van der Waals surface area (Å²) in [6, 6.07) is 10.1. The zero-order chi connectivity index (χ0) is 28.3. The van der Waals surface area contributed by atoms with Gasteiger partial charge in [-0.3, -0.25) is 9.59 Å². The smallest absolute Gasteiger partial charge is 0.260 e. The van der Waals surface area contributed by atoms with Gasteiger partial charge in [-0.15, -0.1) is 0 Å². The maximum atomic E-state index is 13.5. The van der Waals surface area contributed by atoms with Gasteiger partial charge in [-0.25, -0.2) is 0 Å². The Morgan fingerprint density at radius 2 is 1.85 bits per heavy atom. The Balaban J connectivity index is 1.54. The van der Waals surface area contributed by atoms with Crippen LogP contribution in [0.25, 0.3) is 0 Å². The van der Waals surface area contributed by atoms with E-state index in [1.807, 2.05) is 32.9 Å². The van der Waals surface area contributed by atoms with Crippen LogP contribution in [0.1, 0.15) is 37.9 Å². The fraction of sp³-hybridized carbons (Fsp3) is 0.393. The summed E-state index contributed by atoms with van der Waals surface area (Å²) in [4.78, 5) is 28.0. The first-order chi connectivity index (χ1) is 18.5. The minimum Gasteiger partial charge on any atom is -0.493 e. The molecular formula is C28H33ClN4O5S. The highest BCUT2D eigenvalue weighted by Gasteiger charge is 2.31. The van der Waals surface area contributed by atoms with E-state index < -0.39 is 6.04 Å². The van der Waals surface area contributed by atoms with Crippen molar-refractivity contribution in [1.29, 1.82) is 0 Å². The van der Waals surface area contributed by atoms with Crippen LogP contribution < -0.4 is 25.4 Å². The Kier molecular flexibility index (Phi) is 8.99. The van der Waals surface area contributed by atoms with Gasteiger partial charge in [-0.05, 0) is 75.3 Å². The van der Waals surface area contributed by atoms with Crippen LogP contribution in [0.2, 0.25) is 5.02 Å². The van der Waals surface area contributed by atoms with Crippen molar-refractivity contribution >= 4 is 46.4 Å². The van der Waals surface area contributed by atoms with E-state index in [1.54, 1.807) is 36.1 Å². The molecule has 2 aliphatic rings. The van der Waals surface area contributed by atoms with Gasteiger partial charge in [0.05, 0.1) is 30.9 Å². The first kappa shape index (κ1) is 28.7. The minimum atomic E-state index is -0.556. The normalized spacial score (nSPS) is 21.1. The molecule has 1 fully saturated rings. The molecule has 39 heavy (non-hydrogen) atoms. The number of hydrogen-bond acceptors (Lipinski definition) is 6. The molecule has 2 aromatic carbocycles. The van der Waals surface area contributed by atoms with Crippen molar-refractivity contribution in [2.75, 3.05) is 32.1 Å². The molecule has 0 spiro atoms. The molecular weight excluding hydrogens is 540 g/mol. The van der Waals surface area contributed by atoms with E-state index in [0.717, 1.165) is 11.1 Å². The van der Waals surface area contributed by atoms with Crippen molar-refractivity contribution in [3.63, 3.8) is 0 Å². The third-order valence-corrected chi connectivity index (χ3v) is 7.06. The van der Waals surface area contributed by atoms with E-state index in [-0.39, 0.29) is 30.6 Å². The largest absolute Gasteiger partial charge is 0.493 e. The number of amides is 2. The third-order valence-electron chi connectivity index (χ3n) is 6.61. The molecule has 0 bridgehead atoms. The van der Waals surface area contributed by atoms with E-state index in [0.29, 0.717) is 51.7 Å². The number of benzene rings is 2. The molecule has 2 heterocycles. The van der Waals surface area contributed by atoms with Crippen molar-refractivity contribution in [3.05, 3.63) is 63.8 Å². The van der Waals surface area contributed by atoms with Crippen molar-refractivity contribution in [2.45, 2.75) is 45.9 Å². The fourth-order valence-corrected chi connectivity index (χ4v) is 5.20. The molecule has 208 valence electrons. The van der Waals surface area contributed by atoms with Crippen LogP contribution in [-0.2, 0) is 14.3 Å². The summed E-state index contributed by atoms with van der Waals surface area (Å²) >= 11 is 11.5. The topological polar surface area (TPSA) is 101 Å². The highest BCUT2D eigenvalue weighted by Crippen LogP contribution is 2.35. The number of ether oxygens (including phenoxy) is 3. The Bertz CT molecular complexity index is 1310. The van der Waals surface area contributed by atoms with Crippen LogP contribution in [0.3, 0.4) is 0 Å². The number of halogens is 1. The molecule has 3 atom stereocenters. The van der Waals surface area contributed by atoms with Gasteiger partial charge in [0, 0.05) is 29.5 Å². The van der Waals surface area contributed by atoms with Crippen molar-refractivity contribution in [1.82, 2.24) is 15.5 Å². The fourth-order valence-electron chi connectivity index (χ4n) is 4.76. The van der Waals surface area contributed by atoms with Crippen LogP contribution >= 0.6 is 23.8 Å². The minimum absolute atomic E-state index is 0.0271. The number of nitrogens with zero attached hydrogens (tertiary/aromatic N) is 1. The molecule has 9 nitrogen and oxygen atoms in total. The maximum absolute atomic E-state index is 13.5. The summed E-state index contributed by atoms with van der Waals surface area (Å²) in [6.45, 7) is 8.50. The number of hydrogen-bond donors (Lipinski definition) is 3. The average molecular weight is 573 g/mol. The zero-order valence-electron chi connectivity index (χ0n) is 22.6. The predicted molar refractivity (Wildman–Crippen MR) is 154 cm³/mol. The second kappa shape index (κ2) is 12.2. The van der Waals surface area contributed by atoms with E-state index in [9.17, 15) is 9.59 Å². The first-order valence-electron chi connectivity index (χ1n) is 12.7. The van der Waals surface area contributed by atoms with Gasteiger partial charge < -0.3 is 35.1 Å². The number of allylic oxidation sites excluding steroid dienone is 1. The first-order valence-corrected chi connectivity index (χ1v) is 13.4. The summed E-state index contributed by atoms with van der Waals surface area (Å²) < 4.78 is 17.2. The van der Waals surface area contributed by atoms with Gasteiger partial charge >= 0.3 is 0 Å². The molecule has 0 aromatic heterocycles. The number of carbonyl (C=O) groups excluding carboxylic acids is 2. The van der Waals surface area contributed by atoms with Gasteiger partial charge in [-0.2, -0.15) is 0 Å². The molecule has 2 aromatic rings. The lowest BCUT2D eigenvalue weighted by atomic mass is 9.94. The summed E-state index contributed by atoms with van der Waals surface area (Å²) in [5.41, 5.74) is 3.32. The lowest BCUT2D eigenvalue weighted by Gasteiger charge is -2.35. The predicted octanol–water partition coefficient (Wildman–Crippen LogP) is 4.10. The van der Waals surface area contributed by atoms with Gasteiger partial charge in [0.2, 0.25) is 0 Å². The Labute approximate surface area is 238 Å². The van der Waals surface area contributed by atoms with Gasteiger partial charge in [-0.1, -0.05) is 23.7 Å². The quantitative estimate of drug-likeness (QED) is 0.426.